The van der Waals surface area contributed by atoms with E-state index in [4.69, 9.17) is 14.6 Å². The van der Waals surface area contributed by atoms with Crippen molar-refractivity contribution in [2.24, 2.45) is 0 Å². The van der Waals surface area contributed by atoms with Crippen molar-refractivity contribution in [3.05, 3.63) is 42.0 Å². The van der Waals surface area contributed by atoms with Crippen LogP contribution in [0.5, 0.6) is 5.75 Å². The molecule has 1 aromatic carbocycles. The number of esters is 2. The molecule has 0 aromatic heterocycles. The summed E-state index contributed by atoms with van der Waals surface area (Å²) in [5.41, 5.74) is -0.137. The van der Waals surface area contributed by atoms with E-state index in [0.717, 1.165) is 12.2 Å². The number of carbonyl (C=O) groups is 3. The number of carboxylic acid groups (broad SMARTS) is 1. The smallest absolute Gasteiger partial charge is 0.339 e. The van der Waals surface area contributed by atoms with Gasteiger partial charge in [-0.25, -0.2) is 14.4 Å². The van der Waals surface area contributed by atoms with Gasteiger partial charge >= 0.3 is 17.9 Å². The third kappa shape index (κ3) is 5.39. The molecule has 0 atom stereocenters. The van der Waals surface area contributed by atoms with E-state index in [1.165, 1.54) is 24.3 Å². The zero-order valence-electron chi connectivity index (χ0n) is 10.2. The van der Waals surface area contributed by atoms with Crippen LogP contribution in [0.1, 0.15) is 10.4 Å². The third-order valence-electron chi connectivity index (χ3n) is 2.00. The Balaban J connectivity index is 2.65. The predicted octanol–water partition coefficient (Wildman–Crippen LogP) is 1.82. The molecule has 20 heavy (non-hydrogen) atoms. The molecular formula is C13H11IO6. The van der Waals surface area contributed by atoms with Crippen LogP contribution in [0.15, 0.2) is 36.4 Å². The average molecular weight is 390 g/mol. The molecule has 0 amide bonds. The molecule has 0 aliphatic rings. The summed E-state index contributed by atoms with van der Waals surface area (Å²) in [4.78, 5) is 33.5. The van der Waals surface area contributed by atoms with Gasteiger partial charge in [0, 0.05) is 16.6 Å². The normalized spacial score (nSPS) is 10.2. The second-order valence-electron chi connectivity index (χ2n) is 3.41. The van der Waals surface area contributed by atoms with E-state index < -0.39 is 17.9 Å². The van der Waals surface area contributed by atoms with Gasteiger partial charge in [0.25, 0.3) is 0 Å². The quantitative estimate of drug-likeness (QED) is 0.262. The van der Waals surface area contributed by atoms with E-state index in [0.29, 0.717) is 4.43 Å². The molecule has 0 saturated carbocycles. The molecule has 0 aliphatic carbocycles. The van der Waals surface area contributed by atoms with Crippen molar-refractivity contribution in [1.82, 2.24) is 0 Å². The van der Waals surface area contributed by atoms with Gasteiger partial charge in [0.15, 0.2) is 0 Å². The molecule has 0 spiro atoms. The van der Waals surface area contributed by atoms with Gasteiger partial charge in [-0.2, -0.15) is 0 Å². The van der Waals surface area contributed by atoms with Crippen LogP contribution in [0.3, 0.4) is 0 Å². The molecule has 0 unspecified atom stereocenters. The number of hydrogen-bond donors (Lipinski definition) is 1. The minimum atomic E-state index is -1.21. The van der Waals surface area contributed by atoms with Crippen molar-refractivity contribution < 1.29 is 29.0 Å². The van der Waals surface area contributed by atoms with Crippen LogP contribution in [0.4, 0.5) is 0 Å². The molecule has 1 aromatic rings. The fraction of sp³-hybridized carbons (Fsp3) is 0.154. The zero-order chi connectivity index (χ0) is 15.0. The molecule has 0 saturated heterocycles. The Bertz CT molecular complexity index is 537. The van der Waals surface area contributed by atoms with E-state index in [2.05, 4.69) is 0 Å². The zero-order valence-corrected chi connectivity index (χ0v) is 12.4. The fourth-order valence-electron chi connectivity index (χ4n) is 1.20. The number of carbonyl (C=O) groups excluding carboxylic acids is 2. The van der Waals surface area contributed by atoms with E-state index in [1.54, 1.807) is 0 Å². The first-order valence-electron chi connectivity index (χ1n) is 5.49. The maximum absolute atomic E-state index is 11.5. The molecule has 7 heteroatoms. The first-order chi connectivity index (χ1) is 9.54. The molecule has 1 N–H and O–H groups in total. The van der Waals surface area contributed by atoms with E-state index in [-0.39, 0.29) is 17.9 Å². The summed E-state index contributed by atoms with van der Waals surface area (Å²) in [6.45, 7) is 0.251. The van der Waals surface area contributed by atoms with Crippen LogP contribution in [-0.4, -0.2) is 34.0 Å². The molecule has 6 nitrogen and oxygen atoms in total. The van der Waals surface area contributed by atoms with E-state index in [9.17, 15) is 14.4 Å². The highest BCUT2D eigenvalue weighted by molar-refractivity contribution is 14.1. The standard InChI is InChI=1S/C13H11IO6/c14-7-8-19-11(15)5-6-12(16)20-10-4-2-1-3-9(10)13(17)18/h1-6H,7-8H2,(H,17,18)/b6-5+. The Morgan fingerprint density at radius 2 is 1.80 bits per heavy atom. The van der Waals surface area contributed by atoms with Crippen molar-refractivity contribution in [2.45, 2.75) is 0 Å². The lowest BCUT2D eigenvalue weighted by molar-refractivity contribution is -0.137. The highest BCUT2D eigenvalue weighted by Gasteiger charge is 2.12. The summed E-state index contributed by atoms with van der Waals surface area (Å²) < 4.78 is 10.2. The summed E-state index contributed by atoms with van der Waals surface area (Å²) in [7, 11) is 0. The monoisotopic (exact) mass is 390 g/mol. The lowest BCUT2D eigenvalue weighted by Gasteiger charge is -2.04. The van der Waals surface area contributed by atoms with Crippen molar-refractivity contribution in [1.29, 1.82) is 0 Å². The number of carboxylic acids is 1. The Labute approximate surface area is 128 Å². The fourth-order valence-corrected chi connectivity index (χ4v) is 1.42. The van der Waals surface area contributed by atoms with Crippen LogP contribution in [0.2, 0.25) is 0 Å². The molecule has 0 radical (unpaired) electrons. The van der Waals surface area contributed by atoms with E-state index in [1.807, 2.05) is 22.6 Å². The number of benzene rings is 1. The first-order valence-corrected chi connectivity index (χ1v) is 7.02. The lowest BCUT2D eigenvalue weighted by atomic mass is 10.2. The highest BCUT2D eigenvalue weighted by atomic mass is 127. The lowest BCUT2D eigenvalue weighted by Crippen LogP contribution is -2.10. The minimum absolute atomic E-state index is 0.0877. The SMILES string of the molecule is O=C(/C=C/C(=O)Oc1ccccc1C(=O)O)OCCI. The molecule has 0 fully saturated rings. The number of rotatable bonds is 6. The largest absolute Gasteiger partial charge is 0.478 e. The summed E-state index contributed by atoms with van der Waals surface area (Å²) in [5, 5.41) is 8.91. The van der Waals surface area contributed by atoms with Crippen LogP contribution in [0.25, 0.3) is 0 Å². The van der Waals surface area contributed by atoms with Gasteiger partial charge in [-0.05, 0) is 12.1 Å². The van der Waals surface area contributed by atoms with Gasteiger partial charge in [-0.15, -0.1) is 0 Å². The molecular weight excluding hydrogens is 379 g/mol. The molecule has 0 aliphatic heterocycles. The van der Waals surface area contributed by atoms with Gasteiger partial charge in [0.05, 0.1) is 0 Å². The molecule has 106 valence electrons. The Kier molecular flexibility index (Phi) is 6.71. The van der Waals surface area contributed by atoms with Gasteiger partial charge in [0.1, 0.15) is 17.9 Å². The number of alkyl halides is 1. The second kappa shape index (κ2) is 8.31. The van der Waals surface area contributed by atoms with E-state index >= 15 is 0 Å². The number of hydrogen-bond acceptors (Lipinski definition) is 5. The first kappa shape index (κ1) is 16.2. The Hall–Kier alpha value is -1.90. The highest BCUT2D eigenvalue weighted by Crippen LogP contribution is 2.17. The van der Waals surface area contributed by atoms with Crippen molar-refractivity contribution in [3.63, 3.8) is 0 Å². The Morgan fingerprint density at radius 3 is 2.45 bits per heavy atom. The Morgan fingerprint density at radius 1 is 1.15 bits per heavy atom. The van der Waals surface area contributed by atoms with Gasteiger partial charge < -0.3 is 14.6 Å². The topological polar surface area (TPSA) is 89.9 Å². The number of aromatic carboxylic acids is 1. The maximum Gasteiger partial charge on any atom is 0.339 e. The van der Waals surface area contributed by atoms with Crippen LogP contribution < -0.4 is 4.74 Å². The van der Waals surface area contributed by atoms with Crippen molar-refractivity contribution >= 4 is 40.5 Å². The minimum Gasteiger partial charge on any atom is -0.478 e. The molecule has 0 heterocycles. The third-order valence-corrected chi connectivity index (χ3v) is 2.45. The van der Waals surface area contributed by atoms with Crippen LogP contribution >= 0.6 is 22.6 Å². The van der Waals surface area contributed by atoms with Crippen molar-refractivity contribution in [3.8, 4) is 5.75 Å². The maximum atomic E-state index is 11.5. The summed E-state index contributed by atoms with van der Waals surface area (Å²) in [6, 6.07) is 5.71. The van der Waals surface area contributed by atoms with Crippen LogP contribution in [0, 0.1) is 0 Å². The summed E-state index contributed by atoms with van der Waals surface area (Å²) >= 11 is 2.04. The van der Waals surface area contributed by atoms with Crippen LogP contribution in [-0.2, 0) is 14.3 Å². The summed E-state index contributed by atoms with van der Waals surface area (Å²) in [5.74, 6) is -2.82. The molecule has 1 rings (SSSR count). The average Bonchev–Trinajstić information content (AvgIpc) is 2.43. The number of halogens is 1. The second-order valence-corrected chi connectivity index (χ2v) is 4.49. The van der Waals surface area contributed by atoms with Crippen molar-refractivity contribution in [2.75, 3.05) is 11.0 Å². The number of para-hydroxylation sites is 1. The number of ether oxygens (including phenoxy) is 2. The van der Waals surface area contributed by atoms with Gasteiger partial charge in [-0.1, -0.05) is 34.7 Å². The summed E-state index contributed by atoms with van der Waals surface area (Å²) in [6.07, 6.45) is 1.81. The van der Waals surface area contributed by atoms with Gasteiger partial charge in [-0.3, -0.25) is 0 Å². The molecule has 0 bridgehead atoms. The predicted molar refractivity (Wildman–Crippen MR) is 78.0 cm³/mol. The van der Waals surface area contributed by atoms with Gasteiger partial charge in [0.2, 0.25) is 0 Å².